The Kier molecular flexibility index (Phi) is 47.2. The van der Waals surface area contributed by atoms with Crippen LogP contribution in [0.4, 0.5) is 0 Å². The number of hydrogen-bond donors (Lipinski definition) is 27. The molecule has 19 atom stereocenters. The SMILES string of the molecule is CC[C@H](C)[C@H](NC(=O)[C@H](CCC(N)=O)NC(=O)[C@H](Cc1ccc(O)cc1)NC(=O)[C@H](CS)NC(=O)[C@@H](NC(=O)[C@@H]1CCCN1C(=O)[C@H](CO)NC(=O)[C@H](CCCNC(=N)N)NC(=O)[C@@H](N)[C@@H](C)O)[C@@H](C)CC)C(=O)N[C@H](C(=O)N[C@@H](CC(=O)O)C(=O)N[C@@H](Cc1ccc(O)cc1)C(=O)N[C@@H](CCCCN)C(=O)N[C@@H](Cc1ccccc1)C(=O)N[C@@H](CC(N)=O)C(=O)O)[C@@H](C)CC. The van der Waals surface area contributed by atoms with Crippen molar-refractivity contribution in [3.63, 3.8) is 0 Å². The molecule has 3 aromatic rings. The second-order valence-corrected chi connectivity index (χ2v) is 32.7. The molecular formula is C85H129N21O24S. The minimum atomic E-state index is -2.05. The number of nitrogens with two attached hydrogens (primary N) is 5. The number of guanidine groups is 1. The van der Waals surface area contributed by atoms with Crippen molar-refractivity contribution in [1.82, 2.24) is 79.3 Å². The number of phenolic OH excluding ortho intramolecular Hbond substituents is 2. The number of nitrogens with zero attached hydrogens (tertiary/aromatic N) is 1. The highest BCUT2D eigenvalue weighted by atomic mass is 32.1. The Bertz CT molecular complexity index is 4410. The van der Waals surface area contributed by atoms with E-state index in [0.717, 1.165) is 4.90 Å². The number of unbranched alkanes of at least 4 members (excludes halogenated alkanes) is 1. The van der Waals surface area contributed by atoms with Crippen LogP contribution in [0.1, 0.15) is 155 Å². The molecule has 1 fully saturated rings. The smallest absolute Gasteiger partial charge is 0.326 e. The third-order valence-corrected chi connectivity index (χ3v) is 22.5. The molecule has 1 aliphatic rings. The zero-order valence-electron chi connectivity index (χ0n) is 74.3. The predicted molar refractivity (Wildman–Crippen MR) is 477 cm³/mol. The van der Waals surface area contributed by atoms with Crippen molar-refractivity contribution >= 4 is 125 Å². The number of aliphatic hydroxyl groups is 2. The van der Waals surface area contributed by atoms with Crippen molar-refractivity contribution in [1.29, 1.82) is 5.41 Å². The molecule has 1 heterocycles. The fourth-order valence-electron chi connectivity index (χ4n) is 13.8. The summed E-state index contributed by atoms with van der Waals surface area (Å²) in [6, 6.07) is -5.52. The number of amides is 16. The van der Waals surface area contributed by atoms with Crippen LogP contribution in [0.15, 0.2) is 78.9 Å². The lowest BCUT2D eigenvalue weighted by Gasteiger charge is -2.32. The molecule has 46 heteroatoms. The van der Waals surface area contributed by atoms with Crippen molar-refractivity contribution in [2.45, 2.75) is 254 Å². The topological polar surface area (TPSA) is 754 Å². The number of nitrogens with one attached hydrogen (secondary N) is 15. The number of aromatic hydroxyl groups is 2. The maximum Gasteiger partial charge on any atom is 0.326 e. The molecule has 1 saturated heterocycles. The Morgan fingerprint density at radius 3 is 1.27 bits per heavy atom. The molecule has 724 valence electrons. The number of carboxylic acid groups (broad SMARTS) is 2. The third kappa shape index (κ3) is 37.3. The Balaban J connectivity index is 1.63. The Labute approximate surface area is 763 Å². The number of aliphatic hydroxyl groups excluding tert-OH is 2. The molecule has 0 bridgehead atoms. The van der Waals surface area contributed by atoms with Gasteiger partial charge in [0.15, 0.2) is 5.96 Å². The molecule has 31 N–H and O–H groups in total. The molecule has 16 amide bonds. The van der Waals surface area contributed by atoms with E-state index in [9.17, 15) is 117 Å². The quantitative estimate of drug-likeness (QED) is 0.0108. The zero-order chi connectivity index (χ0) is 98.1. The highest BCUT2D eigenvalue weighted by Gasteiger charge is 2.44. The summed E-state index contributed by atoms with van der Waals surface area (Å²) >= 11 is 4.35. The van der Waals surface area contributed by atoms with E-state index in [1.807, 2.05) is 0 Å². The molecule has 0 radical (unpaired) electrons. The lowest BCUT2D eigenvalue weighted by Crippen LogP contribution is -2.62. The Morgan fingerprint density at radius 2 is 0.840 bits per heavy atom. The Hall–Kier alpha value is -12.8. The van der Waals surface area contributed by atoms with Crippen LogP contribution in [0.3, 0.4) is 0 Å². The van der Waals surface area contributed by atoms with Gasteiger partial charge in [-0.1, -0.05) is 115 Å². The van der Waals surface area contributed by atoms with E-state index in [4.69, 9.17) is 34.1 Å². The fraction of sp³-hybridized carbons (Fsp3) is 0.565. The van der Waals surface area contributed by atoms with Gasteiger partial charge in [-0.2, -0.15) is 12.6 Å². The molecule has 3 aromatic carbocycles. The van der Waals surface area contributed by atoms with Crippen molar-refractivity contribution in [2.24, 2.45) is 46.4 Å². The van der Waals surface area contributed by atoms with Crippen molar-refractivity contribution in [2.75, 3.05) is 32.0 Å². The van der Waals surface area contributed by atoms with E-state index in [2.05, 4.69) is 87.1 Å². The number of carbonyl (C=O) groups is 18. The second kappa shape index (κ2) is 55.9. The van der Waals surface area contributed by atoms with Crippen molar-refractivity contribution in [3.05, 3.63) is 95.6 Å². The monoisotopic (exact) mass is 1860 g/mol. The van der Waals surface area contributed by atoms with Crippen LogP contribution in [0.2, 0.25) is 0 Å². The van der Waals surface area contributed by atoms with E-state index in [-0.39, 0.29) is 107 Å². The summed E-state index contributed by atoms with van der Waals surface area (Å²) in [4.78, 5) is 252. The summed E-state index contributed by atoms with van der Waals surface area (Å²) < 4.78 is 0. The van der Waals surface area contributed by atoms with Gasteiger partial charge in [0.05, 0.1) is 25.6 Å². The van der Waals surface area contributed by atoms with E-state index >= 15 is 0 Å². The number of aliphatic carboxylic acids is 2. The minimum Gasteiger partial charge on any atom is -0.508 e. The normalized spacial score (nSPS) is 16.4. The van der Waals surface area contributed by atoms with Crippen molar-refractivity contribution in [3.8, 4) is 11.5 Å². The lowest BCUT2D eigenvalue weighted by molar-refractivity contribution is -0.144. The number of phenols is 2. The van der Waals surface area contributed by atoms with Gasteiger partial charge in [-0.05, 0) is 124 Å². The summed E-state index contributed by atoms with van der Waals surface area (Å²) in [5, 5.41) is 104. The molecule has 45 nitrogen and oxygen atoms in total. The van der Waals surface area contributed by atoms with Gasteiger partial charge in [0.25, 0.3) is 0 Å². The molecule has 0 spiro atoms. The van der Waals surface area contributed by atoms with E-state index in [1.165, 1.54) is 69.3 Å². The first-order valence-corrected chi connectivity index (χ1v) is 43.8. The first-order chi connectivity index (χ1) is 61.9. The molecule has 4 rings (SSSR count). The summed E-state index contributed by atoms with van der Waals surface area (Å²) in [6.07, 6.45) is -4.32. The van der Waals surface area contributed by atoms with Crippen LogP contribution in [0.25, 0.3) is 0 Å². The zero-order valence-corrected chi connectivity index (χ0v) is 75.2. The number of primary amides is 2. The van der Waals surface area contributed by atoms with Gasteiger partial charge in [-0.3, -0.25) is 86.9 Å². The maximum absolute atomic E-state index is 14.9. The van der Waals surface area contributed by atoms with Gasteiger partial charge < -0.3 is 139 Å². The average molecular weight is 1860 g/mol. The highest BCUT2D eigenvalue weighted by molar-refractivity contribution is 7.80. The van der Waals surface area contributed by atoms with Crippen LogP contribution >= 0.6 is 12.6 Å². The van der Waals surface area contributed by atoms with E-state index in [1.54, 1.807) is 58.0 Å². The number of likely N-dealkylation sites (tertiary alicyclic amines) is 1. The highest BCUT2D eigenvalue weighted by Crippen LogP contribution is 2.23. The van der Waals surface area contributed by atoms with Crippen molar-refractivity contribution < 1.29 is 117 Å². The average Bonchev–Trinajstić information content (AvgIpc) is 1.70. The van der Waals surface area contributed by atoms with Gasteiger partial charge in [0.2, 0.25) is 94.5 Å². The van der Waals surface area contributed by atoms with E-state index in [0.29, 0.717) is 17.5 Å². The second-order valence-electron chi connectivity index (χ2n) is 32.4. The molecular weight excluding hydrogens is 1730 g/mol. The molecule has 1 aliphatic heterocycles. The summed E-state index contributed by atoms with van der Waals surface area (Å²) in [6.45, 7) is 10.0. The maximum atomic E-state index is 14.9. The largest absolute Gasteiger partial charge is 0.508 e. The third-order valence-electron chi connectivity index (χ3n) is 22.1. The van der Waals surface area contributed by atoms with Crippen LogP contribution in [0, 0.1) is 23.2 Å². The predicted octanol–water partition coefficient (Wildman–Crippen LogP) is -5.72. The van der Waals surface area contributed by atoms with Crippen LogP contribution in [-0.2, 0) is 106 Å². The Morgan fingerprint density at radius 1 is 0.458 bits per heavy atom. The number of benzene rings is 3. The first kappa shape index (κ1) is 111. The summed E-state index contributed by atoms with van der Waals surface area (Å²) in [7, 11) is 0. The molecule has 0 unspecified atom stereocenters. The van der Waals surface area contributed by atoms with Gasteiger partial charge >= 0.3 is 11.9 Å². The number of carboxylic acids is 2. The molecule has 0 aromatic heterocycles. The fourth-order valence-corrected chi connectivity index (χ4v) is 14.0. The van der Waals surface area contributed by atoms with Crippen LogP contribution < -0.4 is 103 Å². The number of hydrogen-bond acceptors (Lipinski definition) is 26. The summed E-state index contributed by atoms with van der Waals surface area (Å²) in [5.74, 6) is -23.3. The molecule has 0 saturated carbocycles. The number of carbonyl (C=O) groups excluding carboxylic acids is 16. The first-order valence-electron chi connectivity index (χ1n) is 43.2. The van der Waals surface area contributed by atoms with Gasteiger partial charge in [-0.25, -0.2) is 4.79 Å². The van der Waals surface area contributed by atoms with Crippen LogP contribution in [-0.4, -0.2) is 277 Å². The van der Waals surface area contributed by atoms with E-state index < -0.39 is 272 Å². The van der Waals surface area contributed by atoms with Gasteiger partial charge in [0, 0.05) is 44.5 Å². The molecule has 0 aliphatic carbocycles. The summed E-state index contributed by atoms with van der Waals surface area (Å²) in [5.41, 5.74) is 28.9. The minimum absolute atomic E-state index is 0.0422. The number of rotatable bonds is 58. The molecule has 131 heavy (non-hydrogen) atoms. The van der Waals surface area contributed by atoms with Crippen LogP contribution in [0.5, 0.6) is 11.5 Å². The number of thiol groups is 1. The standard InChI is InChI=1S/C85H129N21O24S/c1-8-43(4)67(104-78(123)62-22-17-35-106(62)83(128)60(41-107)101-71(116)53(21-16-34-92-85(90)91)95-79(124)66(89)46(7)108)81(126)102-61(42-131)77(122)98-57(38-49-25-29-51(110)30-26-49)74(119)94-54(31-32-63(87)111)72(117)103-69(45(6)10-3)82(127)105-68(44(5)9-2)80(125)99-58(40-65(113)114)76(121)97-56(37-48-23-27-50(109)28-24-48)73(118)93-52(20-14-15-33-86)70(115)96-55(36-47-18-12-11-13-19-47)75(120)100-59(84(129)130)39-64(88)112/h11-13,18-19,23-30,43-46,52-62,66-69,107-110,131H,8-10,14-17,20-22,31-42,86,89H2,1-7H3,(H2,87,111)(H2,88,112)(H,93,118)(H,94,119)(H,95,124)(H,96,115)(H,97,121)(H,98,122)(H,99,125)(H,100,120)(H,101,116)(H,102,126)(H,103,117)(H,104,123)(H,105,127)(H,113,114)(H,129,130)(H4,90,91,92)/t43-,44-,45-,46+,52-,53-,54-,55-,56-,57-,58-,59-,60-,61-,62-,66-,67-,68-,69-/m0/s1. The van der Waals surface area contributed by atoms with Gasteiger partial charge in [-0.15, -0.1) is 0 Å². The lowest BCUT2D eigenvalue weighted by atomic mass is 9.94. The van der Waals surface area contributed by atoms with Gasteiger partial charge in [0.1, 0.15) is 102 Å².